The second kappa shape index (κ2) is 5.31. The van der Waals surface area contributed by atoms with Gasteiger partial charge in [-0.15, -0.1) is 11.6 Å². The molecule has 0 saturated carbocycles. The zero-order valence-electron chi connectivity index (χ0n) is 11.6. The smallest absolute Gasteiger partial charge is 0.163 e. The highest BCUT2D eigenvalue weighted by Crippen LogP contribution is 2.27. The number of alkyl halides is 1. The van der Waals surface area contributed by atoms with Gasteiger partial charge in [0.05, 0.1) is 11.4 Å². The van der Waals surface area contributed by atoms with E-state index in [0.717, 1.165) is 16.9 Å². The molecule has 110 valence electrons. The Morgan fingerprint density at radius 1 is 1.33 bits per heavy atom. The molecule has 0 amide bonds. The van der Waals surface area contributed by atoms with Crippen LogP contribution < -0.4 is 0 Å². The minimum Gasteiger partial charge on any atom is -0.278 e. The summed E-state index contributed by atoms with van der Waals surface area (Å²) in [5.74, 6) is 0.725. The molecule has 2 aromatic heterocycles. The Morgan fingerprint density at radius 3 is 2.81 bits per heavy atom. The van der Waals surface area contributed by atoms with Gasteiger partial charge in [-0.2, -0.15) is 5.10 Å². The van der Waals surface area contributed by atoms with E-state index in [4.69, 9.17) is 23.2 Å². The average Bonchev–Trinajstić information content (AvgIpc) is 2.93. The van der Waals surface area contributed by atoms with E-state index in [9.17, 15) is 4.39 Å². The molecule has 0 bridgehead atoms. The van der Waals surface area contributed by atoms with Crippen LogP contribution in [-0.2, 0) is 13.5 Å². The molecule has 0 aliphatic rings. The first-order valence-electron chi connectivity index (χ1n) is 6.45. The Balaban J connectivity index is 2.38. The standard InChI is InChI=1S/C14H13Cl2FN4/c1-8-13-14(20(2)19-8)21(12(18-13)5-6-15)11-7-9(16)3-4-10(11)17/h3-4,7H,5-6H2,1-2H3. The van der Waals surface area contributed by atoms with Crippen LogP contribution in [0, 0.1) is 12.7 Å². The second-order valence-corrected chi connectivity index (χ2v) is 5.59. The van der Waals surface area contributed by atoms with Crippen LogP contribution in [0.4, 0.5) is 4.39 Å². The molecule has 3 rings (SSSR count). The van der Waals surface area contributed by atoms with Gasteiger partial charge in [0.25, 0.3) is 0 Å². The van der Waals surface area contributed by atoms with Gasteiger partial charge in [0, 0.05) is 24.4 Å². The van der Waals surface area contributed by atoms with Crippen LogP contribution in [0.5, 0.6) is 0 Å². The molecular weight excluding hydrogens is 314 g/mol. The third-order valence-corrected chi connectivity index (χ3v) is 3.76. The van der Waals surface area contributed by atoms with E-state index in [1.807, 2.05) is 6.92 Å². The molecule has 0 aliphatic carbocycles. The average molecular weight is 327 g/mol. The highest BCUT2D eigenvalue weighted by Gasteiger charge is 2.20. The van der Waals surface area contributed by atoms with Crippen LogP contribution in [0.1, 0.15) is 11.5 Å². The lowest BCUT2D eigenvalue weighted by molar-refractivity contribution is 0.614. The van der Waals surface area contributed by atoms with E-state index in [1.165, 1.54) is 12.1 Å². The second-order valence-electron chi connectivity index (χ2n) is 4.78. The van der Waals surface area contributed by atoms with E-state index in [0.29, 0.717) is 28.8 Å². The summed E-state index contributed by atoms with van der Waals surface area (Å²) in [6.45, 7) is 1.87. The van der Waals surface area contributed by atoms with Gasteiger partial charge < -0.3 is 0 Å². The molecule has 0 radical (unpaired) electrons. The fourth-order valence-corrected chi connectivity index (χ4v) is 2.82. The molecule has 3 aromatic rings. The number of benzene rings is 1. The van der Waals surface area contributed by atoms with Gasteiger partial charge >= 0.3 is 0 Å². The van der Waals surface area contributed by atoms with Gasteiger partial charge in [0.15, 0.2) is 5.65 Å². The lowest BCUT2D eigenvalue weighted by Crippen LogP contribution is -2.07. The molecule has 0 N–H and O–H groups in total. The van der Waals surface area contributed by atoms with Gasteiger partial charge in [-0.1, -0.05) is 11.6 Å². The van der Waals surface area contributed by atoms with E-state index in [-0.39, 0.29) is 5.82 Å². The lowest BCUT2D eigenvalue weighted by Gasteiger charge is -2.10. The third kappa shape index (κ3) is 2.30. The topological polar surface area (TPSA) is 35.6 Å². The number of aryl methyl sites for hydroxylation is 3. The Bertz CT molecular complexity index is 822. The van der Waals surface area contributed by atoms with Crippen LogP contribution in [0.2, 0.25) is 5.02 Å². The molecule has 0 aliphatic heterocycles. The first kappa shape index (κ1) is 14.4. The van der Waals surface area contributed by atoms with Crippen LogP contribution >= 0.6 is 23.2 Å². The van der Waals surface area contributed by atoms with Crippen LogP contribution in [-0.4, -0.2) is 25.2 Å². The SMILES string of the molecule is Cc1nn(C)c2c1nc(CCCl)n2-c1cc(Cl)ccc1F. The fraction of sp³-hybridized carbons (Fsp3) is 0.286. The zero-order valence-corrected chi connectivity index (χ0v) is 13.1. The molecule has 0 unspecified atom stereocenters. The Kier molecular flexibility index (Phi) is 3.63. The molecule has 0 saturated heterocycles. The van der Waals surface area contributed by atoms with Crippen molar-refractivity contribution >= 4 is 34.4 Å². The van der Waals surface area contributed by atoms with E-state index in [1.54, 1.807) is 22.4 Å². The van der Waals surface area contributed by atoms with Crippen molar-refractivity contribution in [2.45, 2.75) is 13.3 Å². The number of nitrogens with zero attached hydrogens (tertiary/aromatic N) is 4. The van der Waals surface area contributed by atoms with E-state index >= 15 is 0 Å². The predicted octanol–water partition coefficient (Wildman–Crippen LogP) is 3.64. The monoisotopic (exact) mass is 326 g/mol. The summed E-state index contributed by atoms with van der Waals surface area (Å²) < 4.78 is 17.7. The minimum atomic E-state index is -0.367. The number of fused-ring (bicyclic) bond motifs is 1. The van der Waals surface area contributed by atoms with Crippen molar-refractivity contribution in [2.75, 3.05) is 5.88 Å². The number of hydrogen-bond donors (Lipinski definition) is 0. The predicted molar refractivity (Wildman–Crippen MR) is 82.0 cm³/mol. The highest BCUT2D eigenvalue weighted by molar-refractivity contribution is 6.30. The Hall–Kier alpha value is -1.59. The van der Waals surface area contributed by atoms with Crippen LogP contribution in [0.25, 0.3) is 16.9 Å². The van der Waals surface area contributed by atoms with Gasteiger partial charge in [0.2, 0.25) is 0 Å². The van der Waals surface area contributed by atoms with Crippen molar-refractivity contribution in [3.05, 3.63) is 40.6 Å². The Morgan fingerprint density at radius 2 is 2.10 bits per heavy atom. The summed E-state index contributed by atoms with van der Waals surface area (Å²) in [5, 5.41) is 4.80. The van der Waals surface area contributed by atoms with Crippen molar-refractivity contribution in [1.29, 1.82) is 0 Å². The highest BCUT2D eigenvalue weighted by atomic mass is 35.5. The number of imidazole rings is 1. The van der Waals surface area contributed by atoms with E-state index in [2.05, 4.69) is 10.1 Å². The van der Waals surface area contributed by atoms with Gasteiger partial charge in [-0.25, -0.2) is 14.1 Å². The summed E-state index contributed by atoms with van der Waals surface area (Å²) in [7, 11) is 1.81. The fourth-order valence-electron chi connectivity index (χ4n) is 2.48. The first-order chi connectivity index (χ1) is 10.0. The largest absolute Gasteiger partial charge is 0.278 e. The number of aromatic nitrogens is 4. The molecule has 4 nitrogen and oxygen atoms in total. The minimum absolute atomic E-state index is 0.355. The number of halogens is 3. The molecule has 0 fully saturated rings. The molecule has 21 heavy (non-hydrogen) atoms. The van der Waals surface area contributed by atoms with E-state index < -0.39 is 0 Å². The van der Waals surface area contributed by atoms with Crippen molar-refractivity contribution < 1.29 is 4.39 Å². The van der Waals surface area contributed by atoms with Gasteiger partial charge in [-0.3, -0.25) is 4.57 Å². The Labute approximate surface area is 131 Å². The van der Waals surface area contributed by atoms with Crippen molar-refractivity contribution in [3.8, 4) is 5.69 Å². The van der Waals surface area contributed by atoms with Gasteiger partial charge in [-0.05, 0) is 25.1 Å². The molecule has 7 heteroatoms. The lowest BCUT2D eigenvalue weighted by atomic mass is 10.3. The summed E-state index contributed by atoms with van der Waals surface area (Å²) in [4.78, 5) is 4.56. The number of hydrogen-bond acceptors (Lipinski definition) is 2. The van der Waals surface area contributed by atoms with Crippen LogP contribution in [0.15, 0.2) is 18.2 Å². The molecule has 0 spiro atoms. The maximum atomic E-state index is 14.2. The maximum Gasteiger partial charge on any atom is 0.163 e. The molecule has 0 atom stereocenters. The number of rotatable bonds is 3. The first-order valence-corrected chi connectivity index (χ1v) is 7.36. The molecular formula is C14H13Cl2FN4. The summed E-state index contributed by atoms with van der Waals surface area (Å²) in [6.07, 6.45) is 0.529. The normalized spacial score (nSPS) is 11.5. The third-order valence-electron chi connectivity index (χ3n) is 3.34. The summed E-state index contributed by atoms with van der Waals surface area (Å²) >= 11 is 11.9. The van der Waals surface area contributed by atoms with Crippen LogP contribution in [0.3, 0.4) is 0 Å². The van der Waals surface area contributed by atoms with Crippen molar-refractivity contribution in [1.82, 2.24) is 19.3 Å². The summed E-state index contributed by atoms with van der Waals surface area (Å²) in [6, 6.07) is 4.44. The zero-order chi connectivity index (χ0) is 15.1. The summed E-state index contributed by atoms with van der Waals surface area (Å²) in [5.41, 5.74) is 2.63. The maximum absolute atomic E-state index is 14.2. The quantitative estimate of drug-likeness (QED) is 0.689. The van der Waals surface area contributed by atoms with Gasteiger partial charge in [0.1, 0.15) is 17.2 Å². The van der Waals surface area contributed by atoms with Crippen molar-refractivity contribution in [3.63, 3.8) is 0 Å². The molecule has 2 heterocycles. The van der Waals surface area contributed by atoms with Crippen molar-refractivity contribution in [2.24, 2.45) is 7.05 Å². The molecule has 1 aromatic carbocycles.